The minimum absolute atomic E-state index is 0.530. The van der Waals surface area contributed by atoms with Crippen molar-refractivity contribution in [2.45, 2.75) is 266 Å². The first kappa shape index (κ1) is 60.6. The molecule has 4 nitrogen and oxygen atoms in total. The quantitative estimate of drug-likeness (QED) is 0.0208. The Morgan fingerprint density at radius 1 is 0.371 bits per heavy atom. The Hall–Kier alpha value is -3.70. The number of hydrogen-bond acceptors (Lipinski definition) is 3. The molecule has 0 aliphatic heterocycles. The van der Waals surface area contributed by atoms with E-state index in [0.717, 1.165) is 22.9 Å². The van der Waals surface area contributed by atoms with Crippen LogP contribution in [0.2, 0.25) is 0 Å². The van der Waals surface area contributed by atoms with E-state index in [1.165, 1.54) is 241 Å². The molecule has 4 aromatic rings. The molecule has 0 bridgehead atoms. The van der Waals surface area contributed by atoms with E-state index < -0.39 is 7.32 Å². The molecule has 0 saturated carbocycles. The minimum atomic E-state index is -0.927. The summed E-state index contributed by atoms with van der Waals surface area (Å²) in [5.41, 5.74) is 6.06. The number of hydrogen-bond donors (Lipinski definition) is 1. The molecule has 0 amide bonds. The van der Waals surface area contributed by atoms with Gasteiger partial charge in [-0.05, 0) is 82.3 Å². The van der Waals surface area contributed by atoms with E-state index in [0.29, 0.717) is 6.04 Å². The Labute approximate surface area is 432 Å². The SMILES string of the molecule is CCCCCCCCCCCCCCCCCCC(CCCCCCCCCCCCCCCCCC)[NH2+]c1cc(C)ccc1OB(Oc1ccc(C)cc1)Oc1ccc(C)cc1.Cc1cc[c-]cc1. The molecule has 0 radical (unpaired) electrons. The third-order valence-electron chi connectivity index (χ3n) is 14.1. The normalized spacial score (nSPS) is 11.1. The molecule has 0 unspecified atom stereocenters. The van der Waals surface area contributed by atoms with Gasteiger partial charge in [0, 0.05) is 6.07 Å². The van der Waals surface area contributed by atoms with Crippen molar-refractivity contribution in [3.8, 4) is 17.2 Å². The molecule has 0 fully saturated rings. The highest BCUT2D eigenvalue weighted by Gasteiger charge is 2.32. The van der Waals surface area contributed by atoms with E-state index in [2.05, 4.69) is 95.4 Å². The summed E-state index contributed by atoms with van der Waals surface area (Å²) in [4.78, 5) is 0. The van der Waals surface area contributed by atoms with Gasteiger partial charge in [0.25, 0.3) is 0 Å². The molecular weight excluding hydrogens is 854 g/mol. The number of nitrogens with two attached hydrogens (primary N) is 1. The lowest BCUT2D eigenvalue weighted by molar-refractivity contribution is -0.613. The zero-order valence-corrected chi connectivity index (χ0v) is 46.2. The molecule has 4 aromatic carbocycles. The van der Waals surface area contributed by atoms with Gasteiger partial charge in [-0.15, -0.1) is 0 Å². The Morgan fingerprint density at radius 3 is 1.01 bits per heavy atom. The molecule has 0 spiro atoms. The van der Waals surface area contributed by atoms with Gasteiger partial charge in [-0.3, -0.25) is 0 Å². The van der Waals surface area contributed by atoms with Gasteiger partial charge in [0.2, 0.25) is 0 Å². The van der Waals surface area contributed by atoms with Crippen LogP contribution in [0.3, 0.4) is 0 Å². The molecule has 0 saturated heterocycles. The first-order valence-corrected chi connectivity index (χ1v) is 29.4. The fourth-order valence-electron chi connectivity index (χ4n) is 9.48. The summed E-state index contributed by atoms with van der Waals surface area (Å²) in [6.45, 7) is 13.0. The predicted octanol–water partition coefficient (Wildman–Crippen LogP) is 19.8. The van der Waals surface area contributed by atoms with Gasteiger partial charge in [0.05, 0.1) is 6.04 Å². The molecule has 0 atom stereocenters. The van der Waals surface area contributed by atoms with Gasteiger partial charge in [-0.2, -0.15) is 35.9 Å². The van der Waals surface area contributed by atoms with Crippen LogP contribution in [0.1, 0.15) is 254 Å². The number of rotatable bonds is 42. The lowest BCUT2D eigenvalue weighted by Gasteiger charge is -2.20. The van der Waals surface area contributed by atoms with Gasteiger partial charge in [-0.25, -0.2) is 0 Å². The van der Waals surface area contributed by atoms with Gasteiger partial charge < -0.3 is 19.3 Å². The third-order valence-corrected chi connectivity index (χ3v) is 14.1. The maximum atomic E-state index is 6.66. The van der Waals surface area contributed by atoms with Crippen molar-refractivity contribution in [2.24, 2.45) is 0 Å². The molecular formula is C65H104BNO3. The van der Waals surface area contributed by atoms with Crippen molar-refractivity contribution < 1.29 is 19.3 Å². The number of quaternary nitrogens is 1. The monoisotopic (exact) mass is 958 g/mol. The Kier molecular flexibility index (Phi) is 36.3. The fourth-order valence-corrected chi connectivity index (χ4v) is 9.48. The summed E-state index contributed by atoms with van der Waals surface area (Å²) < 4.78 is 19.4. The zero-order chi connectivity index (χ0) is 50.0. The van der Waals surface area contributed by atoms with Crippen LogP contribution in [0.4, 0.5) is 5.69 Å². The summed E-state index contributed by atoms with van der Waals surface area (Å²) in [6.07, 6.45) is 47.6. The fraction of sp³-hybridized carbons (Fsp3) is 0.631. The standard InChI is InChI=1S/C58H96BNO3.C7H7/c1-6-8-10-12-14-16-18-20-22-24-26-28-30-32-34-36-38-54(39-37-35-33-31-29-27-25-23-21-19-17-15-13-11-9-7-2)60-57-50-53(5)44-49-58(57)63-59(61-55-45-40-51(3)41-46-55)62-56-47-42-52(4)43-48-56;1-7-5-3-2-4-6-7/h40-50,54,60H,6-39H2,1-5H3;3-6H,1H3/q;-1/p+1. The summed E-state index contributed by atoms with van der Waals surface area (Å²) in [7, 11) is -0.927. The van der Waals surface area contributed by atoms with Crippen molar-refractivity contribution in [3.05, 3.63) is 119 Å². The van der Waals surface area contributed by atoms with E-state index in [-0.39, 0.29) is 0 Å². The maximum Gasteiger partial charge on any atom is 0.864 e. The van der Waals surface area contributed by atoms with E-state index in [1.54, 1.807) is 0 Å². The number of aryl methyl sites for hydroxylation is 4. The van der Waals surface area contributed by atoms with E-state index >= 15 is 0 Å². The zero-order valence-electron chi connectivity index (χ0n) is 46.2. The van der Waals surface area contributed by atoms with Crippen molar-refractivity contribution in [1.29, 1.82) is 0 Å². The number of unbranched alkanes of at least 4 members (excludes halogenated alkanes) is 30. The molecule has 0 aliphatic carbocycles. The summed E-state index contributed by atoms with van der Waals surface area (Å²) >= 11 is 0. The van der Waals surface area contributed by atoms with Crippen LogP contribution in [-0.2, 0) is 0 Å². The number of benzene rings is 4. The van der Waals surface area contributed by atoms with Gasteiger partial charge in [0.15, 0.2) is 11.4 Å². The lowest BCUT2D eigenvalue weighted by atomic mass is 9.98. The smallest absolute Gasteiger partial charge is 0.490 e. The van der Waals surface area contributed by atoms with E-state index in [9.17, 15) is 0 Å². The van der Waals surface area contributed by atoms with Crippen LogP contribution in [0.15, 0.2) is 91.0 Å². The highest BCUT2D eigenvalue weighted by Crippen LogP contribution is 2.26. The van der Waals surface area contributed by atoms with Gasteiger partial charge in [0.1, 0.15) is 11.5 Å². The topological polar surface area (TPSA) is 44.3 Å². The van der Waals surface area contributed by atoms with E-state index in [1.807, 2.05) is 48.5 Å². The summed E-state index contributed by atoms with van der Waals surface area (Å²) in [6, 6.07) is 34.1. The van der Waals surface area contributed by atoms with Crippen LogP contribution in [0.25, 0.3) is 0 Å². The molecule has 2 N–H and O–H groups in total. The van der Waals surface area contributed by atoms with Crippen molar-refractivity contribution in [1.82, 2.24) is 0 Å². The van der Waals surface area contributed by atoms with Crippen LogP contribution < -0.4 is 19.3 Å². The largest absolute Gasteiger partial charge is 0.864 e. The second-order valence-electron chi connectivity index (χ2n) is 21.0. The molecule has 0 aliphatic rings. The summed E-state index contributed by atoms with van der Waals surface area (Å²) in [5, 5.41) is 2.52. The van der Waals surface area contributed by atoms with E-state index in [4.69, 9.17) is 14.0 Å². The molecule has 4 rings (SSSR count). The highest BCUT2D eigenvalue weighted by molar-refractivity contribution is 6.39. The summed E-state index contributed by atoms with van der Waals surface area (Å²) in [5.74, 6) is 2.26. The van der Waals surface area contributed by atoms with Crippen LogP contribution >= 0.6 is 0 Å². The second-order valence-corrected chi connectivity index (χ2v) is 21.0. The van der Waals surface area contributed by atoms with Crippen LogP contribution in [-0.4, -0.2) is 13.4 Å². The average molecular weight is 958 g/mol. The van der Waals surface area contributed by atoms with Crippen molar-refractivity contribution >= 4 is 13.0 Å². The Balaban J connectivity index is 0.00000169. The Bertz CT molecular complexity index is 1680. The van der Waals surface area contributed by atoms with Crippen LogP contribution in [0, 0.1) is 33.8 Å². The van der Waals surface area contributed by atoms with Gasteiger partial charge >= 0.3 is 7.32 Å². The van der Waals surface area contributed by atoms with Crippen LogP contribution in [0.5, 0.6) is 17.2 Å². The molecule has 0 aromatic heterocycles. The highest BCUT2D eigenvalue weighted by atomic mass is 16.7. The minimum Gasteiger partial charge on any atom is -0.490 e. The van der Waals surface area contributed by atoms with Crippen molar-refractivity contribution in [2.75, 3.05) is 0 Å². The molecule has 5 heteroatoms. The molecule has 70 heavy (non-hydrogen) atoms. The predicted molar refractivity (Wildman–Crippen MR) is 305 cm³/mol. The first-order valence-electron chi connectivity index (χ1n) is 29.4. The lowest BCUT2D eigenvalue weighted by Crippen LogP contribution is -2.84. The maximum absolute atomic E-state index is 6.66. The van der Waals surface area contributed by atoms with Crippen molar-refractivity contribution in [3.63, 3.8) is 0 Å². The Morgan fingerprint density at radius 2 is 0.686 bits per heavy atom. The third kappa shape index (κ3) is 32.3. The van der Waals surface area contributed by atoms with Gasteiger partial charge in [-0.1, -0.05) is 255 Å². The molecule has 0 heterocycles. The first-order chi connectivity index (χ1) is 34.4. The second kappa shape index (κ2) is 41.9. The average Bonchev–Trinajstić information content (AvgIpc) is 3.36. The molecule has 390 valence electrons.